The number of para-hydroxylation sites is 1. The lowest BCUT2D eigenvalue weighted by Crippen LogP contribution is -2.29. The molecule has 0 bridgehead atoms. The van der Waals surface area contributed by atoms with Gasteiger partial charge in [-0.15, -0.1) is 0 Å². The zero-order valence-corrected chi connectivity index (χ0v) is 10.00. The van der Waals surface area contributed by atoms with Crippen LogP contribution in [0.15, 0.2) is 22.6 Å². The third-order valence-electron chi connectivity index (χ3n) is 2.63. The summed E-state index contributed by atoms with van der Waals surface area (Å²) in [6, 6.07) is 5.02. The summed E-state index contributed by atoms with van der Waals surface area (Å²) in [6.07, 6.45) is 0. The van der Waals surface area contributed by atoms with E-state index in [1.807, 2.05) is 11.8 Å². The van der Waals surface area contributed by atoms with Gasteiger partial charge in [0.1, 0.15) is 0 Å². The number of oxazole rings is 1. The summed E-state index contributed by atoms with van der Waals surface area (Å²) < 4.78 is 5.52. The summed E-state index contributed by atoms with van der Waals surface area (Å²) in [4.78, 5) is 16.4. The number of anilines is 1. The van der Waals surface area contributed by atoms with Gasteiger partial charge in [0.2, 0.25) is 0 Å². The first-order valence-electron chi connectivity index (χ1n) is 5.66. The summed E-state index contributed by atoms with van der Waals surface area (Å²) in [6.45, 7) is 3.68. The van der Waals surface area contributed by atoms with Crippen molar-refractivity contribution in [2.75, 3.05) is 24.5 Å². The summed E-state index contributed by atoms with van der Waals surface area (Å²) in [5.41, 5.74) is 6.13. The number of nitrogens with zero attached hydrogens (tertiary/aromatic N) is 3. The molecule has 2 N–H and O–H groups in total. The van der Waals surface area contributed by atoms with Crippen LogP contribution in [0.5, 0.6) is 0 Å². The molecule has 0 saturated heterocycles. The highest BCUT2D eigenvalue weighted by molar-refractivity contribution is 5.84. The fraction of sp³-hybridized carbons (Fsp3) is 0.364. The molecule has 0 saturated carbocycles. The van der Waals surface area contributed by atoms with E-state index in [0.29, 0.717) is 31.2 Å². The van der Waals surface area contributed by atoms with Crippen LogP contribution in [0.2, 0.25) is 0 Å². The number of benzene rings is 1. The predicted octanol–water partition coefficient (Wildman–Crippen LogP) is 1.52. The Morgan fingerprint density at radius 1 is 1.56 bits per heavy atom. The zero-order chi connectivity index (χ0) is 13.1. The molecule has 0 amide bonds. The van der Waals surface area contributed by atoms with Gasteiger partial charge in [0.25, 0.3) is 11.7 Å². The predicted molar refractivity (Wildman–Crippen MR) is 67.6 cm³/mol. The molecular formula is C11H14N4O3. The highest BCUT2D eigenvalue weighted by Gasteiger charge is 2.19. The number of rotatable bonds is 5. The Morgan fingerprint density at radius 2 is 2.33 bits per heavy atom. The SMILES string of the molecule is CCN(CCN)c1nc2c([N+](=O)[O-])cccc2o1. The van der Waals surface area contributed by atoms with E-state index < -0.39 is 4.92 Å². The molecule has 0 aliphatic rings. The summed E-state index contributed by atoms with van der Waals surface area (Å²) in [7, 11) is 0. The molecule has 2 rings (SSSR count). The average Bonchev–Trinajstić information content (AvgIpc) is 2.78. The molecule has 2 aromatic rings. The van der Waals surface area contributed by atoms with E-state index in [1.54, 1.807) is 12.1 Å². The molecule has 0 atom stereocenters. The van der Waals surface area contributed by atoms with Crippen molar-refractivity contribution in [3.8, 4) is 0 Å². The number of non-ortho nitro benzene ring substituents is 1. The van der Waals surface area contributed by atoms with Crippen LogP contribution in [-0.2, 0) is 0 Å². The number of nitro benzene ring substituents is 1. The fourth-order valence-electron chi connectivity index (χ4n) is 1.75. The van der Waals surface area contributed by atoms with Gasteiger partial charge in [-0.25, -0.2) is 0 Å². The monoisotopic (exact) mass is 250 g/mol. The van der Waals surface area contributed by atoms with Gasteiger partial charge in [-0.05, 0) is 13.0 Å². The van der Waals surface area contributed by atoms with Crippen molar-refractivity contribution in [2.24, 2.45) is 5.73 Å². The van der Waals surface area contributed by atoms with Gasteiger partial charge in [0.05, 0.1) is 4.92 Å². The Morgan fingerprint density at radius 3 is 2.94 bits per heavy atom. The first-order chi connectivity index (χ1) is 8.67. The molecule has 1 aromatic heterocycles. The maximum atomic E-state index is 10.9. The van der Waals surface area contributed by atoms with Crippen LogP contribution < -0.4 is 10.6 Å². The first kappa shape index (κ1) is 12.3. The van der Waals surface area contributed by atoms with Crippen molar-refractivity contribution in [3.63, 3.8) is 0 Å². The van der Waals surface area contributed by atoms with E-state index in [-0.39, 0.29) is 11.2 Å². The Bertz CT molecular complexity index is 566. The third-order valence-corrected chi connectivity index (χ3v) is 2.63. The van der Waals surface area contributed by atoms with Crippen molar-refractivity contribution in [1.29, 1.82) is 0 Å². The van der Waals surface area contributed by atoms with Crippen LogP contribution >= 0.6 is 0 Å². The standard InChI is InChI=1S/C11H14N4O3/c1-2-14(7-6-12)11-13-10-8(15(16)17)4-3-5-9(10)18-11/h3-5H,2,6-7,12H2,1H3. The fourth-order valence-corrected chi connectivity index (χ4v) is 1.75. The molecule has 1 heterocycles. The summed E-state index contributed by atoms with van der Waals surface area (Å²) >= 11 is 0. The maximum absolute atomic E-state index is 10.9. The van der Waals surface area contributed by atoms with E-state index in [1.165, 1.54) is 6.07 Å². The Balaban J connectivity index is 2.49. The minimum absolute atomic E-state index is 0.0497. The molecule has 1 aromatic carbocycles. The number of likely N-dealkylation sites (N-methyl/N-ethyl adjacent to an activating group) is 1. The number of fused-ring (bicyclic) bond motifs is 1. The van der Waals surface area contributed by atoms with Crippen LogP contribution in [0.25, 0.3) is 11.1 Å². The van der Waals surface area contributed by atoms with E-state index in [4.69, 9.17) is 10.2 Å². The third kappa shape index (κ3) is 2.12. The first-order valence-corrected chi connectivity index (χ1v) is 5.66. The topological polar surface area (TPSA) is 98.4 Å². The van der Waals surface area contributed by atoms with Crippen molar-refractivity contribution in [1.82, 2.24) is 4.98 Å². The minimum atomic E-state index is -0.464. The molecule has 0 radical (unpaired) electrons. The molecule has 96 valence electrons. The number of hydrogen-bond donors (Lipinski definition) is 1. The summed E-state index contributed by atoms with van der Waals surface area (Å²) in [5, 5.41) is 10.9. The van der Waals surface area contributed by atoms with E-state index >= 15 is 0 Å². The van der Waals surface area contributed by atoms with Gasteiger partial charge in [0, 0.05) is 25.7 Å². The molecular weight excluding hydrogens is 236 g/mol. The average molecular weight is 250 g/mol. The summed E-state index contributed by atoms with van der Waals surface area (Å²) in [5.74, 6) is 0. The van der Waals surface area contributed by atoms with Crippen LogP contribution in [0.3, 0.4) is 0 Å². The molecule has 18 heavy (non-hydrogen) atoms. The molecule has 0 fully saturated rings. The zero-order valence-electron chi connectivity index (χ0n) is 10.00. The lowest BCUT2D eigenvalue weighted by Gasteiger charge is -2.16. The van der Waals surface area contributed by atoms with E-state index in [9.17, 15) is 10.1 Å². The van der Waals surface area contributed by atoms with Crippen molar-refractivity contribution < 1.29 is 9.34 Å². The Labute approximate surface area is 103 Å². The van der Waals surface area contributed by atoms with Gasteiger partial charge < -0.3 is 15.1 Å². The number of nitrogens with two attached hydrogens (primary N) is 1. The largest absolute Gasteiger partial charge is 0.423 e. The lowest BCUT2D eigenvalue weighted by molar-refractivity contribution is -0.383. The van der Waals surface area contributed by atoms with Gasteiger partial charge in [-0.3, -0.25) is 10.1 Å². The number of aromatic nitrogens is 1. The smallest absolute Gasteiger partial charge is 0.298 e. The second kappa shape index (κ2) is 5.01. The maximum Gasteiger partial charge on any atom is 0.298 e. The van der Waals surface area contributed by atoms with Crippen molar-refractivity contribution in [3.05, 3.63) is 28.3 Å². The van der Waals surface area contributed by atoms with Crippen molar-refractivity contribution >= 4 is 22.8 Å². The molecule has 0 aliphatic carbocycles. The van der Waals surface area contributed by atoms with Gasteiger partial charge in [-0.2, -0.15) is 4.98 Å². The van der Waals surface area contributed by atoms with Gasteiger partial charge >= 0.3 is 0 Å². The molecule has 0 aliphatic heterocycles. The number of nitro groups is 1. The van der Waals surface area contributed by atoms with Crippen LogP contribution in [0.1, 0.15) is 6.92 Å². The highest BCUT2D eigenvalue weighted by atomic mass is 16.6. The second-order valence-corrected chi connectivity index (χ2v) is 3.75. The second-order valence-electron chi connectivity index (χ2n) is 3.75. The lowest BCUT2D eigenvalue weighted by atomic mass is 10.3. The van der Waals surface area contributed by atoms with E-state index in [2.05, 4.69) is 4.98 Å². The van der Waals surface area contributed by atoms with Crippen molar-refractivity contribution in [2.45, 2.75) is 6.92 Å². The van der Waals surface area contributed by atoms with Crippen LogP contribution in [0, 0.1) is 10.1 Å². The molecule has 7 heteroatoms. The quantitative estimate of drug-likeness (QED) is 0.638. The van der Waals surface area contributed by atoms with E-state index in [0.717, 1.165) is 0 Å². The highest BCUT2D eigenvalue weighted by Crippen LogP contribution is 2.28. The van der Waals surface area contributed by atoms with Crippen LogP contribution in [0.4, 0.5) is 11.7 Å². The van der Waals surface area contributed by atoms with Gasteiger partial charge in [0.15, 0.2) is 11.1 Å². The minimum Gasteiger partial charge on any atom is -0.423 e. The Kier molecular flexibility index (Phi) is 3.42. The molecule has 0 spiro atoms. The van der Waals surface area contributed by atoms with Crippen LogP contribution in [-0.4, -0.2) is 29.5 Å². The number of hydrogen-bond acceptors (Lipinski definition) is 6. The Hall–Kier alpha value is -2.15. The molecule has 0 unspecified atom stereocenters. The van der Waals surface area contributed by atoms with Gasteiger partial charge in [-0.1, -0.05) is 6.07 Å². The normalized spacial score (nSPS) is 10.8. The molecule has 7 nitrogen and oxygen atoms in total.